The van der Waals surface area contributed by atoms with Crippen LogP contribution in [-0.2, 0) is 0 Å². The van der Waals surface area contributed by atoms with Gasteiger partial charge < -0.3 is 0 Å². The highest BCUT2D eigenvalue weighted by atomic mass is 79.9. The monoisotopic (exact) mass is 467 g/mol. The smallest absolute Gasteiger partial charge is 0.0654 e. The molecule has 0 nitrogen and oxygen atoms in total. The van der Waals surface area contributed by atoms with Gasteiger partial charge in [0.25, 0.3) is 0 Å². The van der Waals surface area contributed by atoms with Gasteiger partial charge in [-0.15, -0.1) is 0 Å². The molecule has 0 saturated carbocycles. The van der Waals surface area contributed by atoms with Crippen molar-refractivity contribution in [2.75, 3.05) is 0 Å². The van der Waals surface area contributed by atoms with Crippen LogP contribution in [0.4, 0.5) is 0 Å². The molecule has 2 atom stereocenters. The van der Waals surface area contributed by atoms with Gasteiger partial charge in [-0.05, 0) is 38.0 Å². The van der Waals surface area contributed by atoms with Gasteiger partial charge in [0, 0.05) is 32.6 Å². The molecule has 128 valence electrons. The highest BCUT2D eigenvalue weighted by Gasteiger charge is 2.40. The number of hydrogen-bond acceptors (Lipinski definition) is 0. The minimum atomic E-state index is -0.199. The Morgan fingerprint density at radius 2 is 1.88 bits per heavy atom. The minimum absolute atomic E-state index is 0.199. The van der Waals surface area contributed by atoms with Crippen molar-refractivity contribution in [2.45, 2.75) is 64.5 Å². The predicted octanol–water partition coefficient (Wildman–Crippen LogP) is 7.56. The molecule has 2 unspecified atom stereocenters. The van der Waals surface area contributed by atoms with Crippen LogP contribution >= 0.6 is 39.4 Å². The lowest BCUT2D eigenvalue weighted by molar-refractivity contribution is 0.606. The molecule has 0 N–H and O–H groups in total. The highest BCUT2D eigenvalue weighted by molar-refractivity contribution is 9.11. The topological polar surface area (TPSA) is 0 Å². The van der Waals surface area contributed by atoms with E-state index in [9.17, 15) is 0 Å². The fourth-order valence-corrected chi connectivity index (χ4v) is 8.23. The standard InChI is InChI=1S/C21H26Br2P/c1-3-4-5-6-7-8-15(2)24-20-13-16(22)9-11-18(20)19-12-10-17(23)14-21(19)24/h9-13,15H,3-8,14H2,1-2H3/q+1. The molecule has 0 radical (unpaired) electrons. The van der Waals surface area contributed by atoms with Crippen LogP contribution in [0.5, 0.6) is 0 Å². The Hall–Kier alpha value is -0.170. The number of benzene rings is 1. The number of fused-ring (bicyclic) bond motifs is 3. The van der Waals surface area contributed by atoms with E-state index in [-0.39, 0.29) is 7.55 Å². The zero-order valence-corrected chi connectivity index (χ0v) is 18.7. The van der Waals surface area contributed by atoms with E-state index in [1.807, 2.05) is 0 Å². The summed E-state index contributed by atoms with van der Waals surface area (Å²) in [7, 11) is -0.199. The first-order valence-corrected chi connectivity index (χ1v) is 12.1. The first-order chi connectivity index (χ1) is 11.6. The molecule has 1 heterocycles. The fraction of sp³-hybridized carbons (Fsp3) is 0.476. The Labute approximate surface area is 164 Å². The lowest BCUT2D eigenvalue weighted by Crippen LogP contribution is -2.08. The molecule has 1 aliphatic carbocycles. The molecule has 0 amide bonds. The zero-order chi connectivity index (χ0) is 17.1. The predicted molar refractivity (Wildman–Crippen MR) is 118 cm³/mol. The van der Waals surface area contributed by atoms with Gasteiger partial charge in [0.15, 0.2) is 5.30 Å². The van der Waals surface area contributed by atoms with E-state index in [1.54, 1.807) is 10.6 Å². The molecule has 0 bridgehead atoms. The molecule has 3 rings (SSSR count). The molecule has 2 aliphatic rings. The van der Waals surface area contributed by atoms with Crippen molar-refractivity contribution in [1.29, 1.82) is 0 Å². The molecular weight excluding hydrogens is 443 g/mol. The Morgan fingerprint density at radius 1 is 1.08 bits per heavy atom. The van der Waals surface area contributed by atoms with Crippen molar-refractivity contribution in [3.05, 3.63) is 44.9 Å². The average molecular weight is 469 g/mol. The summed E-state index contributed by atoms with van der Waals surface area (Å²) in [5.41, 5.74) is 3.76. The third-order valence-corrected chi connectivity index (χ3v) is 9.09. The van der Waals surface area contributed by atoms with E-state index in [1.165, 1.54) is 58.6 Å². The molecule has 1 aliphatic heterocycles. The summed E-state index contributed by atoms with van der Waals surface area (Å²) in [6, 6.07) is 6.89. The highest BCUT2D eigenvalue weighted by Crippen LogP contribution is 2.48. The van der Waals surface area contributed by atoms with Crippen molar-refractivity contribution in [1.82, 2.24) is 0 Å². The second-order valence-electron chi connectivity index (χ2n) is 6.90. The second kappa shape index (κ2) is 8.47. The maximum Gasteiger partial charge on any atom is 0.158 e. The zero-order valence-electron chi connectivity index (χ0n) is 14.6. The molecule has 3 heteroatoms. The second-order valence-corrected chi connectivity index (χ2v) is 11.5. The lowest BCUT2D eigenvalue weighted by atomic mass is 9.98. The van der Waals surface area contributed by atoms with Crippen molar-refractivity contribution in [3.63, 3.8) is 0 Å². The molecule has 0 saturated heterocycles. The first kappa shape index (κ1) is 18.6. The summed E-state index contributed by atoms with van der Waals surface area (Å²) in [5.74, 6) is 0. The summed E-state index contributed by atoms with van der Waals surface area (Å²) < 4.78 is 2.55. The normalized spacial score (nSPS) is 18.8. The van der Waals surface area contributed by atoms with Gasteiger partial charge in [0.2, 0.25) is 0 Å². The Balaban J connectivity index is 1.85. The van der Waals surface area contributed by atoms with Crippen LogP contribution in [0, 0.1) is 0 Å². The van der Waals surface area contributed by atoms with Gasteiger partial charge in [-0.1, -0.05) is 70.5 Å². The van der Waals surface area contributed by atoms with Crippen LogP contribution in [0.25, 0.3) is 5.57 Å². The van der Waals surface area contributed by atoms with Crippen molar-refractivity contribution in [2.24, 2.45) is 0 Å². The molecule has 0 spiro atoms. The maximum absolute atomic E-state index is 3.74. The van der Waals surface area contributed by atoms with Crippen LogP contribution in [0.3, 0.4) is 0 Å². The van der Waals surface area contributed by atoms with Gasteiger partial charge in [0.05, 0.1) is 0 Å². The van der Waals surface area contributed by atoms with Crippen LogP contribution in [0.2, 0.25) is 0 Å². The van der Waals surface area contributed by atoms with E-state index in [4.69, 9.17) is 0 Å². The third kappa shape index (κ3) is 3.97. The number of rotatable bonds is 7. The SMILES string of the molecule is CCCCCCCC(C)[P+]1=C2CC(Br)=CC=C2c2ccc(Br)cc21. The number of hydrogen-bond donors (Lipinski definition) is 0. The van der Waals surface area contributed by atoms with Crippen molar-refractivity contribution < 1.29 is 0 Å². The maximum atomic E-state index is 3.74. The summed E-state index contributed by atoms with van der Waals surface area (Å²) in [5, 5.41) is 3.28. The number of unbranched alkanes of at least 4 members (excludes halogenated alkanes) is 4. The molecule has 0 aromatic heterocycles. The van der Waals surface area contributed by atoms with E-state index >= 15 is 0 Å². The van der Waals surface area contributed by atoms with Crippen molar-refractivity contribution >= 4 is 55.6 Å². The van der Waals surface area contributed by atoms with Gasteiger partial charge in [0.1, 0.15) is 18.5 Å². The van der Waals surface area contributed by atoms with Gasteiger partial charge in [-0.3, -0.25) is 0 Å². The van der Waals surface area contributed by atoms with Gasteiger partial charge >= 0.3 is 0 Å². The molecule has 1 aromatic rings. The van der Waals surface area contributed by atoms with Gasteiger partial charge in [-0.25, -0.2) is 0 Å². The van der Waals surface area contributed by atoms with Crippen LogP contribution in [-0.4, -0.2) is 11.0 Å². The summed E-state index contributed by atoms with van der Waals surface area (Å²) in [4.78, 5) is 0. The number of allylic oxidation sites excluding steroid dienone is 4. The summed E-state index contributed by atoms with van der Waals surface area (Å²) >= 11 is 7.43. The molecule has 1 aromatic carbocycles. The van der Waals surface area contributed by atoms with E-state index in [0.717, 1.165) is 12.1 Å². The first-order valence-electron chi connectivity index (χ1n) is 9.13. The third-order valence-electron chi connectivity index (χ3n) is 5.04. The van der Waals surface area contributed by atoms with Crippen LogP contribution in [0.1, 0.15) is 64.4 Å². The Bertz CT molecular complexity index is 713. The van der Waals surface area contributed by atoms with Crippen LogP contribution < -0.4 is 5.30 Å². The average Bonchev–Trinajstić information content (AvgIpc) is 2.86. The van der Waals surface area contributed by atoms with E-state index in [0.29, 0.717) is 0 Å². The number of halogens is 2. The van der Waals surface area contributed by atoms with E-state index < -0.39 is 0 Å². The molecule has 24 heavy (non-hydrogen) atoms. The Morgan fingerprint density at radius 3 is 2.67 bits per heavy atom. The molecular formula is C21H26Br2P+. The molecule has 0 fully saturated rings. The van der Waals surface area contributed by atoms with Gasteiger partial charge in [-0.2, -0.15) is 0 Å². The van der Waals surface area contributed by atoms with Crippen molar-refractivity contribution in [3.8, 4) is 0 Å². The minimum Gasteiger partial charge on any atom is -0.0654 e. The largest absolute Gasteiger partial charge is 0.158 e. The summed E-state index contributed by atoms with van der Waals surface area (Å²) in [6.07, 6.45) is 13.9. The fourth-order valence-electron chi connectivity index (χ4n) is 3.80. The quantitative estimate of drug-likeness (QED) is 0.286. The lowest BCUT2D eigenvalue weighted by Gasteiger charge is -2.09. The van der Waals surface area contributed by atoms with Crippen LogP contribution in [0.15, 0.2) is 39.3 Å². The summed E-state index contributed by atoms with van der Waals surface area (Å²) in [6.45, 7) is 4.77. The van der Waals surface area contributed by atoms with E-state index in [2.05, 4.69) is 76.1 Å². The Kier molecular flexibility index (Phi) is 6.57.